The number of hydrogen-bond donors (Lipinski definition) is 1. The first-order chi connectivity index (χ1) is 17.5. The highest BCUT2D eigenvalue weighted by Crippen LogP contribution is 2.19. The number of nitrogens with one attached hydrogen (secondary N) is 1. The van der Waals surface area contributed by atoms with Crippen LogP contribution in [0, 0.1) is 0 Å². The zero-order valence-electron chi connectivity index (χ0n) is 20.9. The van der Waals surface area contributed by atoms with Gasteiger partial charge in [-0.25, -0.2) is 16.8 Å². The summed E-state index contributed by atoms with van der Waals surface area (Å²) in [5, 5.41) is 2.94. The van der Waals surface area contributed by atoms with Crippen molar-refractivity contribution in [2.24, 2.45) is 0 Å². The maximum Gasteiger partial charge on any atom is 0.251 e. The maximum atomic E-state index is 12.8. The van der Waals surface area contributed by atoms with E-state index in [9.17, 15) is 21.6 Å². The minimum Gasteiger partial charge on any atom is -0.346 e. The van der Waals surface area contributed by atoms with E-state index in [1.165, 1.54) is 4.31 Å². The van der Waals surface area contributed by atoms with Crippen LogP contribution < -0.4 is 5.32 Å². The molecule has 0 saturated carbocycles. The Morgan fingerprint density at radius 2 is 1.41 bits per heavy atom. The van der Waals surface area contributed by atoms with Crippen LogP contribution in [-0.4, -0.2) is 64.4 Å². The number of nitrogens with zero attached hydrogens (tertiary/aromatic N) is 2. The predicted octanol–water partition coefficient (Wildman–Crippen LogP) is 3.09. The molecule has 3 aromatic rings. The number of piperazine rings is 1. The lowest BCUT2D eigenvalue weighted by molar-refractivity contribution is 0.0940. The summed E-state index contributed by atoms with van der Waals surface area (Å²) in [7, 11) is -6.74. The van der Waals surface area contributed by atoms with E-state index in [0.717, 1.165) is 17.4 Å². The van der Waals surface area contributed by atoms with Gasteiger partial charge in [0.2, 0.25) is 10.0 Å². The standard InChI is InChI=1S/C27H31N3O5S2/c1-21(23-12-14-25(15-13-23)36(2,32)33)28-27(31)24-10-8-22(9-11-24)20-29-16-18-30(19-17-29)37(34,35)26-6-4-3-5-7-26/h3-15,21H,16-20H2,1-2H3,(H,28,31)/t21-/m1/s1. The Morgan fingerprint density at radius 1 is 0.811 bits per heavy atom. The second-order valence-corrected chi connectivity index (χ2v) is 13.2. The third kappa shape index (κ3) is 6.64. The van der Waals surface area contributed by atoms with Gasteiger partial charge in [-0.1, -0.05) is 42.5 Å². The summed E-state index contributed by atoms with van der Waals surface area (Å²) in [6.07, 6.45) is 1.16. The van der Waals surface area contributed by atoms with Crippen LogP contribution in [0.4, 0.5) is 0 Å². The Hall–Kier alpha value is -3.05. The first kappa shape index (κ1) is 27.0. The maximum absolute atomic E-state index is 12.8. The van der Waals surface area contributed by atoms with E-state index in [2.05, 4.69) is 10.2 Å². The Balaban J connectivity index is 1.29. The fourth-order valence-corrected chi connectivity index (χ4v) is 6.33. The molecule has 196 valence electrons. The van der Waals surface area contributed by atoms with Crippen LogP contribution in [-0.2, 0) is 26.4 Å². The van der Waals surface area contributed by atoms with Gasteiger partial charge in [0.1, 0.15) is 0 Å². The van der Waals surface area contributed by atoms with E-state index < -0.39 is 19.9 Å². The lowest BCUT2D eigenvalue weighted by Crippen LogP contribution is -2.48. The number of hydrogen-bond acceptors (Lipinski definition) is 6. The molecule has 0 bridgehead atoms. The topological polar surface area (TPSA) is 104 Å². The van der Waals surface area contributed by atoms with Gasteiger partial charge in [-0.15, -0.1) is 0 Å². The summed E-state index contributed by atoms with van der Waals surface area (Å²) in [5.74, 6) is -0.217. The second-order valence-electron chi connectivity index (χ2n) is 9.23. The largest absolute Gasteiger partial charge is 0.346 e. The first-order valence-electron chi connectivity index (χ1n) is 12.0. The number of carbonyl (C=O) groups is 1. The SMILES string of the molecule is C[C@@H](NC(=O)c1ccc(CN2CCN(S(=O)(=O)c3ccccc3)CC2)cc1)c1ccc(S(C)(=O)=O)cc1. The molecule has 1 amide bonds. The van der Waals surface area contributed by atoms with Crippen LogP contribution in [0.2, 0.25) is 0 Å². The van der Waals surface area contributed by atoms with Gasteiger partial charge >= 0.3 is 0 Å². The molecule has 0 aliphatic carbocycles. The summed E-state index contributed by atoms with van der Waals surface area (Å²) in [5.41, 5.74) is 2.38. The number of carbonyl (C=O) groups excluding carboxylic acids is 1. The van der Waals surface area contributed by atoms with Gasteiger partial charge in [-0.3, -0.25) is 9.69 Å². The average molecular weight is 542 g/mol. The van der Waals surface area contributed by atoms with Crippen molar-refractivity contribution in [3.8, 4) is 0 Å². The van der Waals surface area contributed by atoms with Gasteiger partial charge < -0.3 is 5.32 Å². The van der Waals surface area contributed by atoms with Crippen LogP contribution in [0.3, 0.4) is 0 Å². The van der Waals surface area contributed by atoms with Crippen molar-refractivity contribution in [3.05, 3.63) is 95.6 Å². The Labute approximate surface area is 218 Å². The Morgan fingerprint density at radius 3 is 1.97 bits per heavy atom. The third-order valence-corrected chi connectivity index (χ3v) is 9.53. The van der Waals surface area contributed by atoms with Crippen molar-refractivity contribution >= 4 is 25.8 Å². The molecule has 0 aromatic heterocycles. The van der Waals surface area contributed by atoms with Crippen LogP contribution in [0.1, 0.15) is 34.5 Å². The lowest BCUT2D eigenvalue weighted by Gasteiger charge is -2.34. The van der Waals surface area contributed by atoms with E-state index in [4.69, 9.17) is 0 Å². The van der Waals surface area contributed by atoms with Gasteiger partial charge in [0.05, 0.1) is 15.8 Å². The van der Waals surface area contributed by atoms with Gasteiger partial charge in [0.15, 0.2) is 9.84 Å². The van der Waals surface area contributed by atoms with Gasteiger partial charge in [0, 0.05) is 44.5 Å². The fraction of sp³-hybridized carbons (Fsp3) is 0.296. The molecule has 8 nitrogen and oxygen atoms in total. The molecule has 1 saturated heterocycles. The number of amides is 1. The summed E-state index contributed by atoms with van der Waals surface area (Å²) in [4.78, 5) is 15.5. The highest BCUT2D eigenvalue weighted by molar-refractivity contribution is 7.90. The number of sulfonamides is 1. The van der Waals surface area contributed by atoms with Crippen molar-refractivity contribution in [1.29, 1.82) is 0 Å². The van der Waals surface area contributed by atoms with Gasteiger partial charge in [0.25, 0.3) is 5.91 Å². The zero-order valence-corrected chi connectivity index (χ0v) is 22.5. The smallest absolute Gasteiger partial charge is 0.251 e. The quantitative estimate of drug-likeness (QED) is 0.470. The molecule has 37 heavy (non-hydrogen) atoms. The monoisotopic (exact) mass is 541 g/mol. The molecule has 0 radical (unpaired) electrons. The molecule has 1 fully saturated rings. The highest BCUT2D eigenvalue weighted by Gasteiger charge is 2.28. The first-order valence-corrected chi connectivity index (χ1v) is 15.3. The van der Waals surface area contributed by atoms with Crippen molar-refractivity contribution in [1.82, 2.24) is 14.5 Å². The molecule has 0 unspecified atom stereocenters. The van der Waals surface area contributed by atoms with Gasteiger partial charge in [-0.2, -0.15) is 4.31 Å². The molecule has 4 rings (SSSR count). The van der Waals surface area contributed by atoms with Crippen molar-refractivity contribution in [2.75, 3.05) is 32.4 Å². The molecule has 1 aliphatic rings. The molecule has 0 spiro atoms. The molecule has 1 atom stereocenters. The van der Waals surface area contributed by atoms with E-state index in [1.807, 2.05) is 19.1 Å². The minimum atomic E-state index is -3.48. The highest BCUT2D eigenvalue weighted by atomic mass is 32.2. The van der Waals surface area contributed by atoms with Crippen LogP contribution in [0.15, 0.2) is 88.7 Å². The van der Waals surface area contributed by atoms with E-state index in [-0.39, 0.29) is 16.8 Å². The molecule has 1 N–H and O–H groups in total. The van der Waals surface area contributed by atoms with E-state index >= 15 is 0 Å². The van der Waals surface area contributed by atoms with Crippen molar-refractivity contribution in [3.63, 3.8) is 0 Å². The molecule has 1 aliphatic heterocycles. The number of benzene rings is 3. The molecule has 3 aromatic carbocycles. The fourth-order valence-electron chi connectivity index (χ4n) is 4.26. The second kappa shape index (κ2) is 11.1. The molecular formula is C27H31N3O5S2. The summed E-state index contributed by atoms with van der Waals surface area (Å²) >= 11 is 0. The third-order valence-electron chi connectivity index (χ3n) is 6.49. The zero-order chi connectivity index (χ0) is 26.6. The summed E-state index contributed by atoms with van der Waals surface area (Å²) in [6.45, 7) is 4.64. The average Bonchev–Trinajstić information content (AvgIpc) is 2.89. The van der Waals surface area contributed by atoms with Crippen molar-refractivity contribution in [2.45, 2.75) is 29.3 Å². The van der Waals surface area contributed by atoms with Crippen molar-refractivity contribution < 1.29 is 21.6 Å². The lowest BCUT2D eigenvalue weighted by atomic mass is 10.1. The Bertz CT molecular complexity index is 1430. The Kier molecular flexibility index (Phi) is 8.13. The van der Waals surface area contributed by atoms with Crippen LogP contribution in [0.5, 0.6) is 0 Å². The number of rotatable bonds is 8. The molecular weight excluding hydrogens is 510 g/mol. The molecule has 10 heteroatoms. The van der Waals surface area contributed by atoms with Crippen LogP contribution in [0.25, 0.3) is 0 Å². The number of sulfone groups is 1. The van der Waals surface area contributed by atoms with E-state index in [1.54, 1.807) is 66.7 Å². The predicted molar refractivity (Wildman–Crippen MR) is 142 cm³/mol. The van der Waals surface area contributed by atoms with E-state index in [0.29, 0.717) is 43.2 Å². The minimum absolute atomic E-state index is 0.217. The summed E-state index contributed by atoms with van der Waals surface area (Å²) < 4.78 is 50.4. The normalized spacial score (nSPS) is 16.3. The molecule has 1 heterocycles. The summed E-state index contributed by atoms with van der Waals surface area (Å²) in [6, 6.07) is 22.1. The van der Waals surface area contributed by atoms with Crippen LogP contribution >= 0.6 is 0 Å². The van der Waals surface area contributed by atoms with Gasteiger partial charge in [-0.05, 0) is 54.4 Å².